The Balaban J connectivity index is 1.74. The van der Waals surface area contributed by atoms with E-state index in [9.17, 15) is 8.78 Å². The largest absolute Gasteiger partial charge is 0.298 e. The predicted octanol–water partition coefficient (Wildman–Crippen LogP) is 4.83. The van der Waals surface area contributed by atoms with Crippen LogP contribution in [0.3, 0.4) is 0 Å². The molecule has 1 aliphatic heterocycles. The fourth-order valence-corrected chi connectivity index (χ4v) is 4.51. The zero-order valence-electron chi connectivity index (χ0n) is 14.2. The number of hydrogen-bond donors (Lipinski definition) is 0. The molecule has 0 N–H and O–H groups in total. The second-order valence-corrected chi connectivity index (χ2v) is 9.13. The van der Waals surface area contributed by atoms with Crippen LogP contribution in [0.15, 0.2) is 6.07 Å². The first-order chi connectivity index (χ1) is 10.7. The van der Waals surface area contributed by atoms with Gasteiger partial charge in [-0.1, -0.05) is 0 Å². The molecule has 0 radical (unpaired) electrons. The lowest BCUT2D eigenvalue weighted by Crippen LogP contribution is -2.45. The van der Waals surface area contributed by atoms with Crippen molar-refractivity contribution in [2.75, 3.05) is 13.1 Å². The molecule has 3 rings (SSSR count). The fourth-order valence-electron chi connectivity index (χ4n) is 3.96. The Kier molecular flexibility index (Phi) is 4.77. The first kappa shape index (κ1) is 17.6. The van der Waals surface area contributed by atoms with Crippen LogP contribution < -0.4 is 0 Å². The zero-order chi connectivity index (χ0) is 16.8. The van der Waals surface area contributed by atoms with E-state index < -0.39 is 5.92 Å². The van der Waals surface area contributed by atoms with E-state index in [1.807, 2.05) is 4.68 Å². The van der Waals surface area contributed by atoms with Crippen LogP contribution >= 0.6 is 22.6 Å². The molecule has 2 fully saturated rings. The van der Waals surface area contributed by atoms with Crippen molar-refractivity contribution in [1.82, 2.24) is 14.7 Å². The molecule has 2 heterocycles. The van der Waals surface area contributed by atoms with E-state index in [0.717, 1.165) is 29.6 Å². The lowest BCUT2D eigenvalue weighted by atomic mass is 9.90. The number of likely N-dealkylation sites (tertiary alicyclic amines) is 1. The van der Waals surface area contributed by atoms with Crippen molar-refractivity contribution in [1.29, 1.82) is 0 Å². The van der Waals surface area contributed by atoms with Crippen LogP contribution in [-0.2, 0) is 0 Å². The third-order valence-electron chi connectivity index (χ3n) is 5.32. The average Bonchev–Trinajstić information content (AvgIpc) is 3.00. The van der Waals surface area contributed by atoms with Crippen LogP contribution in [0.5, 0.6) is 0 Å². The molecule has 130 valence electrons. The van der Waals surface area contributed by atoms with Gasteiger partial charge >= 0.3 is 0 Å². The monoisotopic (exact) mass is 437 g/mol. The maximum Gasteiger partial charge on any atom is 0.250 e. The summed E-state index contributed by atoms with van der Waals surface area (Å²) in [5.74, 6) is -2.08. The fraction of sp³-hybridized carbons (Fsp3) is 0.824. The molecule has 1 saturated heterocycles. The van der Waals surface area contributed by atoms with Gasteiger partial charge in [-0.3, -0.25) is 9.58 Å². The number of piperidine rings is 1. The van der Waals surface area contributed by atoms with Crippen molar-refractivity contribution in [2.24, 2.45) is 0 Å². The molecule has 1 aromatic rings. The molecule has 2 aliphatic rings. The Morgan fingerprint density at radius 1 is 1.22 bits per heavy atom. The molecule has 1 atom stereocenters. The summed E-state index contributed by atoms with van der Waals surface area (Å²) in [6, 6.07) is 1.97. The normalized spacial score (nSPS) is 26.8. The highest BCUT2D eigenvalue weighted by Gasteiger charge is 2.42. The molecule has 3 nitrogen and oxygen atoms in total. The molecule has 1 aliphatic carbocycles. The molecule has 6 heteroatoms. The van der Waals surface area contributed by atoms with Gasteiger partial charge < -0.3 is 0 Å². The van der Waals surface area contributed by atoms with Gasteiger partial charge in [0.05, 0.1) is 6.04 Å². The van der Waals surface area contributed by atoms with Gasteiger partial charge in [-0.2, -0.15) is 5.10 Å². The summed E-state index contributed by atoms with van der Waals surface area (Å²) in [5, 5.41) is 4.56. The van der Waals surface area contributed by atoms with E-state index in [-0.39, 0.29) is 24.4 Å². The minimum absolute atomic E-state index is 0.00395. The van der Waals surface area contributed by atoms with Gasteiger partial charge in [0.1, 0.15) is 3.70 Å². The van der Waals surface area contributed by atoms with E-state index >= 15 is 0 Å². The van der Waals surface area contributed by atoms with E-state index in [2.05, 4.69) is 59.4 Å². The van der Waals surface area contributed by atoms with Crippen LogP contribution in [0.1, 0.15) is 70.5 Å². The molecular weight excluding hydrogens is 411 g/mol. The van der Waals surface area contributed by atoms with E-state index in [1.165, 1.54) is 5.69 Å². The maximum atomic E-state index is 13.6. The van der Waals surface area contributed by atoms with Crippen molar-refractivity contribution < 1.29 is 8.78 Å². The number of hydrogen-bond acceptors (Lipinski definition) is 2. The van der Waals surface area contributed by atoms with Crippen LogP contribution in [0.25, 0.3) is 0 Å². The Bertz CT molecular complexity index is 557. The standard InChI is InChI=1S/C17H26F2IN3/c1-16(2,3)22-8-5-12(6-9-22)14-10-15(20)21-23(14)13-4-7-17(18,19)11-13/h10,12-13H,4-9,11H2,1-3H3. The second kappa shape index (κ2) is 6.24. The highest BCUT2D eigenvalue weighted by Crippen LogP contribution is 2.43. The Labute approximate surface area is 150 Å². The number of halogens is 3. The minimum Gasteiger partial charge on any atom is -0.298 e. The number of rotatable bonds is 2. The summed E-state index contributed by atoms with van der Waals surface area (Å²) in [4.78, 5) is 2.51. The summed E-state index contributed by atoms with van der Waals surface area (Å²) < 4.78 is 30.0. The molecular formula is C17H26F2IN3. The van der Waals surface area contributed by atoms with Crippen LogP contribution in [0, 0.1) is 3.70 Å². The second-order valence-electron chi connectivity index (χ2n) is 8.02. The summed E-state index contributed by atoms with van der Waals surface area (Å²) in [7, 11) is 0. The molecule has 0 aromatic carbocycles. The molecule has 1 aromatic heterocycles. The van der Waals surface area contributed by atoms with Crippen LogP contribution in [0.4, 0.5) is 8.78 Å². The predicted molar refractivity (Wildman–Crippen MR) is 96.1 cm³/mol. The third kappa shape index (κ3) is 3.89. The van der Waals surface area contributed by atoms with Gasteiger partial charge in [-0.25, -0.2) is 8.78 Å². The quantitative estimate of drug-likeness (QED) is 0.619. The highest BCUT2D eigenvalue weighted by molar-refractivity contribution is 14.1. The molecule has 1 saturated carbocycles. The lowest BCUT2D eigenvalue weighted by molar-refractivity contribution is 0.00494. The van der Waals surface area contributed by atoms with Gasteiger partial charge in [-0.05, 0) is 81.8 Å². The summed E-state index contributed by atoms with van der Waals surface area (Å²) >= 11 is 2.20. The molecule has 0 amide bonds. The molecule has 0 bridgehead atoms. The molecule has 23 heavy (non-hydrogen) atoms. The zero-order valence-corrected chi connectivity index (χ0v) is 16.3. The average molecular weight is 437 g/mol. The van der Waals surface area contributed by atoms with Crippen LogP contribution in [-0.4, -0.2) is 39.2 Å². The minimum atomic E-state index is -2.52. The molecule has 0 spiro atoms. The van der Waals surface area contributed by atoms with Gasteiger partial charge in [0.2, 0.25) is 5.92 Å². The van der Waals surface area contributed by atoms with Crippen molar-refractivity contribution in [3.8, 4) is 0 Å². The first-order valence-corrected chi connectivity index (χ1v) is 9.61. The van der Waals surface area contributed by atoms with Crippen molar-refractivity contribution in [2.45, 2.75) is 76.3 Å². The maximum absolute atomic E-state index is 13.6. The smallest absolute Gasteiger partial charge is 0.250 e. The van der Waals surface area contributed by atoms with Crippen molar-refractivity contribution in [3.05, 3.63) is 15.5 Å². The highest BCUT2D eigenvalue weighted by atomic mass is 127. The Morgan fingerprint density at radius 3 is 2.39 bits per heavy atom. The number of aromatic nitrogens is 2. The third-order valence-corrected chi connectivity index (χ3v) is 5.85. The number of nitrogens with zero attached hydrogens (tertiary/aromatic N) is 3. The SMILES string of the molecule is CC(C)(C)N1CCC(c2cc(I)nn2C2CCC(F)(F)C2)CC1. The first-order valence-electron chi connectivity index (χ1n) is 8.53. The van der Waals surface area contributed by atoms with Gasteiger partial charge in [-0.15, -0.1) is 0 Å². The summed E-state index contributed by atoms with van der Waals surface area (Å²) in [6.07, 6.45) is 2.65. The van der Waals surface area contributed by atoms with Gasteiger partial charge in [0.25, 0.3) is 0 Å². The van der Waals surface area contributed by atoms with Crippen molar-refractivity contribution >= 4 is 22.6 Å². The Hall–Kier alpha value is -0.240. The van der Waals surface area contributed by atoms with Gasteiger partial charge in [0.15, 0.2) is 0 Å². The van der Waals surface area contributed by atoms with Crippen molar-refractivity contribution in [3.63, 3.8) is 0 Å². The Morgan fingerprint density at radius 2 is 1.87 bits per heavy atom. The lowest BCUT2D eigenvalue weighted by Gasteiger charge is -2.41. The topological polar surface area (TPSA) is 21.1 Å². The van der Waals surface area contributed by atoms with Gasteiger partial charge in [0, 0.05) is 30.0 Å². The van der Waals surface area contributed by atoms with E-state index in [4.69, 9.17) is 0 Å². The van der Waals surface area contributed by atoms with E-state index in [1.54, 1.807) is 0 Å². The van der Waals surface area contributed by atoms with Crippen LogP contribution in [0.2, 0.25) is 0 Å². The molecule has 1 unspecified atom stereocenters. The summed E-state index contributed by atoms with van der Waals surface area (Å²) in [5.41, 5.74) is 1.37. The van der Waals surface area contributed by atoms with E-state index in [0.29, 0.717) is 12.3 Å². The summed E-state index contributed by atoms with van der Waals surface area (Å²) in [6.45, 7) is 8.89. The number of alkyl halides is 2.